The first-order valence-corrected chi connectivity index (χ1v) is 19.7. The third-order valence-corrected chi connectivity index (χ3v) is 10.3. The number of amides is 5. The van der Waals surface area contributed by atoms with Gasteiger partial charge in [0.15, 0.2) is 0 Å². The van der Waals surface area contributed by atoms with Crippen LogP contribution in [0.25, 0.3) is 0 Å². The van der Waals surface area contributed by atoms with Gasteiger partial charge in [-0.3, -0.25) is 19.2 Å². The SMILES string of the molecule is COC1C(OC(=O)N[C@@H](COC(=O)NCCCCCCNC(=O)CNC(=O)CNNCC(=O)NCC(C)=O)C(C)C)CC[C@]2(CO2)C1C1(C)O[C@@H]1CC=C(C)C. The van der Waals surface area contributed by atoms with Crippen molar-refractivity contribution in [2.45, 2.75) is 122 Å². The lowest BCUT2D eigenvalue weighted by atomic mass is 9.68. The van der Waals surface area contributed by atoms with Crippen molar-refractivity contribution in [2.75, 3.05) is 59.6 Å². The number of rotatable bonds is 25. The maximum Gasteiger partial charge on any atom is 0.407 e. The molecular formula is C38H65N7O11. The molecular weight excluding hydrogens is 730 g/mol. The Balaban J connectivity index is 1.24. The van der Waals surface area contributed by atoms with E-state index in [9.17, 15) is 28.8 Å². The Morgan fingerprint density at radius 3 is 2.00 bits per heavy atom. The standard InChI is InChI=1S/C38H65N7O11/c1-24(2)12-13-29-37(6,56-29)34-33(52-7)28(14-15-38(34)23-54-38)55-36(51)45-27(25(3)4)22-53-35(50)40-17-11-9-8-10-16-39-30(47)19-42-32(49)21-44-43-20-31(48)41-18-26(5)46/h12,25,27-29,33-34,43-44H,8-11,13-23H2,1-7H3,(H,39,47)(H,40,50)(H,41,48)(H,42,49)(H,45,51)/t27-,28?,29+,33?,34?,37?,38-/m0/s1. The summed E-state index contributed by atoms with van der Waals surface area (Å²) in [6.45, 7) is 12.4. The number of carbonyl (C=O) groups excluding carboxylic acids is 6. The minimum atomic E-state index is -0.594. The van der Waals surface area contributed by atoms with Crippen LogP contribution >= 0.6 is 0 Å². The molecule has 1 spiro atoms. The van der Waals surface area contributed by atoms with Gasteiger partial charge in [0.05, 0.1) is 50.8 Å². The van der Waals surface area contributed by atoms with Crippen molar-refractivity contribution in [1.29, 1.82) is 0 Å². The van der Waals surface area contributed by atoms with E-state index >= 15 is 0 Å². The molecule has 4 unspecified atom stereocenters. The molecule has 0 aromatic heterocycles. The van der Waals surface area contributed by atoms with Crippen LogP contribution < -0.4 is 37.4 Å². The van der Waals surface area contributed by atoms with Crippen LogP contribution in [0.2, 0.25) is 0 Å². The molecule has 2 saturated heterocycles. The number of allylic oxidation sites excluding steroid dienone is 1. The summed E-state index contributed by atoms with van der Waals surface area (Å²) in [7, 11) is 1.63. The van der Waals surface area contributed by atoms with Crippen molar-refractivity contribution in [2.24, 2.45) is 11.8 Å². The Hall–Kier alpha value is -3.84. The third kappa shape index (κ3) is 15.6. The number of hydrogen-bond acceptors (Lipinski definition) is 13. The van der Waals surface area contributed by atoms with Crippen LogP contribution in [0.4, 0.5) is 9.59 Å². The van der Waals surface area contributed by atoms with E-state index in [1.54, 1.807) is 7.11 Å². The van der Waals surface area contributed by atoms with Gasteiger partial charge in [0.25, 0.3) is 0 Å². The number of Topliss-reactive ketones (excluding diaryl/α,β-unsaturated/α-hetero) is 1. The molecule has 318 valence electrons. The molecule has 0 bridgehead atoms. The molecule has 3 fully saturated rings. The van der Waals surface area contributed by atoms with Gasteiger partial charge in [-0.05, 0) is 65.7 Å². The fraction of sp³-hybridized carbons (Fsp3) is 0.789. The van der Waals surface area contributed by atoms with E-state index < -0.39 is 47.9 Å². The maximum absolute atomic E-state index is 13.2. The maximum atomic E-state index is 13.2. The van der Waals surface area contributed by atoms with Crippen molar-refractivity contribution in [3.05, 3.63) is 11.6 Å². The number of methoxy groups -OCH3 is 1. The lowest BCUT2D eigenvalue weighted by molar-refractivity contribution is -0.126. The molecule has 2 aliphatic heterocycles. The predicted molar refractivity (Wildman–Crippen MR) is 205 cm³/mol. The Kier molecular flexibility index (Phi) is 18.9. The Bertz CT molecular complexity index is 1370. The molecule has 5 amide bonds. The van der Waals surface area contributed by atoms with Crippen molar-refractivity contribution in [1.82, 2.24) is 37.4 Å². The lowest BCUT2D eigenvalue weighted by Gasteiger charge is -2.42. The summed E-state index contributed by atoms with van der Waals surface area (Å²) in [6.07, 6.45) is 5.40. The number of hydrogen-bond donors (Lipinski definition) is 7. The van der Waals surface area contributed by atoms with Crippen LogP contribution in [0, 0.1) is 11.8 Å². The smallest absolute Gasteiger partial charge is 0.407 e. The lowest BCUT2D eigenvalue weighted by Crippen LogP contribution is -2.56. The molecule has 0 aromatic carbocycles. The zero-order chi connectivity index (χ0) is 41.3. The molecule has 56 heavy (non-hydrogen) atoms. The molecule has 7 N–H and O–H groups in total. The quantitative estimate of drug-likeness (QED) is 0.0297. The fourth-order valence-corrected chi connectivity index (χ4v) is 6.91. The number of alkyl carbamates (subject to hydrolysis) is 2. The zero-order valence-electron chi connectivity index (χ0n) is 34.1. The fourth-order valence-electron chi connectivity index (χ4n) is 6.91. The van der Waals surface area contributed by atoms with E-state index in [0.717, 1.165) is 32.1 Å². The van der Waals surface area contributed by atoms with Gasteiger partial charge < -0.3 is 50.3 Å². The molecule has 0 radical (unpaired) electrons. The first kappa shape index (κ1) is 46.5. The first-order valence-electron chi connectivity index (χ1n) is 19.7. The van der Waals surface area contributed by atoms with E-state index in [1.165, 1.54) is 12.5 Å². The van der Waals surface area contributed by atoms with Crippen molar-refractivity contribution in [3.8, 4) is 0 Å². The summed E-state index contributed by atoms with van der Waals surface area (Å²) < 4.78 is 29.6. The van der Waals surface area contributed by atoms with Crippen LogP contribution in [-0.4, -0.2) is 131 Å². The minimum Gasteiger partial charge on any atom is -0.447 e. The highest BCUT2D eigenvalue weighted by atomic mass is 16.6. The Morgan fingerprint density at radius 1 is 0.821 bits per heavy atom. The van der Waals surface area contributed by atoms with Gasteiger partial charge in [-0.25, -0.2) is 20.4 Å². The van der Waals surface area contributed by atoms with Gasteiger partial charge >= 0.3 is 12.2 Å². The van der Waals surface area contributed by atoms with E-state index in [1.807, 2.05) is 13.8 Å². The molecule has 18 heteroatoms. The number of carbonyl (C=O) groups is 6. The van der Waals surface area contributed by atoms with Gasteiger partial charge in [0.1, 0.15) is 35.8 Å². The second kappa shape index (κ2) is 22.8. The second-order valence-electron chi connectivity index (χ2n) is 15.6. The van der Waals surface area contributed by atoms with Crippen LogP contribution in [0.1, 0.15) is 86.5 Å². The number of ether oxygens (including phenoxy) is 5. The van der Waals surface area contributed by atoms with Gasteiger partial charge in [-0.1, -0.05) is 38.3 Å². The van der Waals surface area contributed by atoms with E-state index in [-0.39, 0.29) is 68.0 Å². The summed E-state index contributed by atoms with van der Waals surface area (Å²) in [5, 5.41) is 13.2. The summed E-state index contributed by atoms with van der Waals surface area (Å²) in [5.41, 5.74) is 5.58. The summed E-state index contributed by atoms with van der Waals surface area (Å²) >= 11 is 0. The monoisotopic (exact) mass is 795 g/mol. The Labute approximate surface area is 330 Å². The van der Waals surface area contributed by atoms with Gasteiger partial charge in [0.2, 0.25) is 17.7 Å². The first-order chi connectivity index (χ1) is 26.6. The van der Waals surface area contributed by atoms with E-state index in [2.05, 4.69) is 64.3 Å². The van der Waals surface area contributed by atoms with Crippen molar-refractivity contribution >= 4 is 35.7 Å². The summed E-state index contributed by atoms with van der Waals surface area (Å²) in [6, 6.07) is -0.466. The summed E-state index contributed by atoms with van der Waals surface area (Å²) in [5.74, 6) is -1.45. The zero-order valence-corrected chi connectivity index (χ0v) is 34.1. The molecule has 0 aromatic rings. The second-order valence-corrected chi connectivity index (χ2v) is 15.6. The topological polar surface area (TPSA) is 239 Å². The molecule has 1 saturated carbocycles. The predicted octanol–water partition coefficient (Wildman–Crippen LogP) is 1.13. The highest BCUT2D eigenvalue weighted by Crippen LogP contribution is 2.59. The number of unbranched alkanes of at least 4 members (excludes halogenated alkanes) is 3. The van der Waals surface area contributed by atoms with E-state index in [0.29, 0.717) is 32.5 Å². The van der Waals surface area contributed by atoms with Crippen LogP contribution in [-0.2, 0) is 42.9 Å². The molecule has 2 heterocycles. The largest absolute Gasteiger partial charge is 0.447 e. The van der Waals surface area contributed by atoms with Crippen LogP contribution in [0.3, 0.4) is 0 Å². The van der Waals surface area contributed by atoms with Gasteiger partial charge in [-0.15, -0.1) is 0 Å². The van der Waals surface area contributed by atoms with Crippen LogP contribution in [0.15, 0.2) is 11.6 Å². The normalized spacial score (nSPS) is 25.4. The van der Waals surface area contributed by atoms with Crippen molar-refractivity contribution in [3.63, 3.8) is 0 Å². The highest BCUT2D eigenvalue weighted by Gasteiger charge is 2.72. The molecule has 7 atom stereocenters. The summed E-state index contributed by atoms with van der Waals surface area (Å²) in [4.78, 5) is 71.7. The van der Waals surface area contributed by atoms with Gasteiger partial charge in [0, 0.05) is 20.2 Å². The minimum absolute atomic E-state index is 0.0238. The third-order valence-electron chi connectivity index (χ3n) is 10.3. The van der Waals surface area contributed by atoms with Gasteiger partial charge in [-0.2, -0.15) is 0 Å². The highest BCUT2D eigenvalue weighted by molar-refractivity contribution is 5.86. The molecule has 3 rings (SSSR count). The molecule has 1 aliphatic carbocycles. The number of nitrogens with one attached hydrogen (secondary N) is 7. The number of hydrazine groups is 1. The average molecular weight is 796 g/mol. The van der Waals surface area contributed by atoms with Crippen molar-refractivity contribution < 1.29 is 52.5 Å². The average Bonchev–Trinajstić information content (AvgIpc) is 4.06. The number of ketones is 1. The molecule has 3 aliphatic rings. The number of epoxide rings is 2. The Morgan fingerprint density at radius 2 is 1.43 bits per heavy atom. The van der Waals surface area contributed by atoms with Crippen LogP contribution in [0.5, 0.6) is 0 Å². The van der Waals surface area contributed by atoms with E-state index in [4.69, 9.17) is 23.7 Å². The molecule has 18 nitrogen and oxygen atoms in total.